The maximum Gasteiger partial charge on any atom is 0.330 e. The lowest BCUT2D eigenvalue weighted by molar-refractivity contribution is -0.135. The molecule has 0 spiro atoms. The second-order valence-electron chi connectivity index (χ2n) is 2.10. The highest BCUT2D eigenvalue weighted by Crippen LogP contribution is 1.79. The average Bonchev–Trinajstić information content (AvgIpc) is 2.14. The number of carbonyl (C=O) groups is 2. The summed E-state index contributed by atoms with van der Waals surface area (Å²) in [5.74, 6) is 1.45. The van der Waals surface area contributed by atoms with Crippen molar-refractivity contribution in [3.63, 3.8) is 0 Å². The first-order valence-corrected chi connectivity index (χ1v) is 3.68. The number of nitrogens with one attached hydrogen (secondary N) is 1. The van der Waals surface area contributed by atoms with Gasteiger partial charge in [0.1, 0.15) is 0 Å². The van der Waals surface area contributed by atoms with Gasteiger partial charge in [-0.25, -0.2) is 4.79 Å². The summed E-state index contributed by atoms with van der Waals surface area (Å²) < 4.78 is 4.29. The number of carbonyl (C=O) groups excluding carboxylic acids is 2. The summed E-state index contributed by atoms with van der Waals surface area (Å²) in [6.45, 7) is 0.404. The van der Waals surface area contributed by atoms with E-state index in [9.17, 15) is 9.59 Å². The fourth-order valence-corrected chi connectivity index (χ4v) is 0.529. The van der Waals surface area contributed by atoms with Gasteiger partial charge < -0.3 is 10.1 Å². The molecule has 0 atom stereocenters. The molecule has 0 saturated heterocycles. The van der Waals surface area contributed by atoms with Gasteiger partial charge in [0.2, 0.25) is 5.91 Å². The molecule has 0 saturated carbocycles. The van der Waals surface area contributed by atoms with Gasteiger partial charge in [0.15, 0.2) is 0 Å². The van der Waals surface area contributed by atoms with Crippen molar-refractivity contribution in [3.05, 3.63) is 12.2 Å². The highest BCUT2D eigenvalue weighted by atomic mass is 16.5. The van der Waals surface area contributed by atoms with Crippen molar-refractivity contribution in [2.75, 3.05) is 13.7 Å². The van der Waals surface area contributed by atoms with Crippen molar-refractivity contribution >= 4 is 11.9 Å². The van der Waals surface area contributed by atoms with E-state index >= 15 is 0 Å². The van der Waals surface area contributed by atoms with E-state index in [1.165, 1.54) is 7.11 Å². The Kier molecular flexibility index (Phi) is 5.98. The minimum atomic E-state index is -0.563. The molecule has 0 aliphatic heterocycles. The second-order valence-corrected chi connectivity index (χ2v) is 2.10. The highest BCUT2D eigenvalue weighted by Gasteiger charge is 1.95. The van der Waals surface area contributed by atoms with Crippen molar-refractivity contribution < 1.29 is 14.3 Å². The first-order chi connectivity index (χ1) is 6.20. The molecular formula is C9H11NO3. The van der Waals surface area contributed by atoms with Crippen molar-refractivity contribution in [2.45, 2.75) is 6.42 Å². The highest BCUT2D eigenvalue weighted by molar-refractivity contribution is 5.94. The third-order valence-corrected chi connectivity index (χ3v) is 1.14. The topological polar surface area (TPSA) is 55.4 Å². The zero-order chi connectivity index (χ0) is 10.1. The molecule has 1 N–H and O–H groups in total. The normalized spacial score (nSPS) is 9.23. The third-order valence-electron chi connectivity index (χ3n) is 1.14. The molecule has 0 aromatic rings. The smallest absolute Gasteiger partial charge is 0.330 e. The van der Waals surface area contributed by atoms with Gasteiger partial charge in [0.05, 0.1) is 7.11 Å². The molecule has 0 rings (SSSR count). The number of rotatable bonds is 4. The molecule has 70 valence electrons. The van der Waals surface area contributed by atoms with E-state index in [4.69, 9.17) is 6.42 Å². The third kappa shape index (κ3) is 6.63. The van der Waals surface area contributed by atoms with Gasteiger partial charge in [0.25, 0.3) is 0 Å². The van der Waals surface area contributed by atoms with Gasteiger partial charge in [-0.1, -0.05) is 0 Å². The minimum Gasteiger partial charge on any atom is -0.466 e. The fourth-order valence-electron chi connectivity index (χ4n) is 0.529. The quantitative estimate of drug-likeness (QED) is 0.284. The molecular weight excluding hydrogens is 170 g/mol. The fraction of sp³-hybridized carbons (Fsp3) is 0.333. The summed E-state index contributed by atoms with van der Waals surface area (Å²) in [6.07, 6.45) is 7.58. The summed E-state index contributed by atoms with van der Waals surface area (Å²) in [4.78, 5) is 21.4. The molecule has 1 amide bonds. The number of ether oxygens (including phenoxy) is 1. The molecule has 4 heteroatoms. The maximum absolute atomic E-state index is 10.9. The van der Waals surface area contributed by atoms with Crippen molar-refractivity contribution in [1.29, 1.82) is 0 Å². The molecule has 0 heterocycles. The lowest BCUT2D eigenvalue weighted by atomic mass is 10.4. The first-order valence-electron chi connectivity index (χ1n) is 3.68. The van der Waals surface area contributed by atoms with Crippen LogP contribution in [-0.4, -0.2) is 25.5 Å². The molecule has 0 aromatic carbocycles. The van der Waals surface area contributed by atoms with Crippen LogP contribution in [0.4, 0.5) is 0 Å². The minimum absolute atomic E-state index is 0.361. The average molecular weight is 181 g/mol. The lowest BCUT2D eigenvalue weighted by Gasteiger charge is -1.96. The summed E-state index contributed by atoms with van der Waals surface area (Å²) in [6, 6.07) is 0. The van der Waals surface area contributed by atoms with E-state index in [0.29, 0.717) is 13.0 Å². The Morgan fingerprint density at radius 2 is 2.23 bits per heavy atom. The molecule has 0 bridgehead atoms. The van der Waals surface area contributed by atoms with Gasteiger partial charge in [-0.2, -0.15) is 0 Å². The van der Waals surface area contributed by atoms with Gasteiger partial charge in [-0.15, -0.1) is 12.3 Å². The molecule has 0 radical (unpaired) electrons. The standard InChI is InChI=1S/C9H11NO3/c1-3-4-7-10-8(11)5-6-9(12)13-2/h1,5-6H,4,7H2,2H3,(H,10,11). The van der Waals surface area contributed by atoms with E-state index in [0.717, 1.165) is 12.2 Å². The van der Waals surface area contributed by atoms with E-state index < -0.39 is 5.97 Å². The van der Waals surface area contributed by atoms with Crippen LogP contribution in [0.3, 0.4) is 0 Å². The van der Waals surface area contributed by atoms with Crippen LogP contribution >= 0.6 is 0 Å². The molecule has 0 aliphatic carbocycles. The molecule has 0 aromatic heterocycles. The molecule has 0 aliphatic rings. The number of hydrogen-bond donors (Lipinski definition) is 1. The Bertz CT molecular complexity index is 250. The van der Waals surface area contributed by atoms with Crippen LogP contribution in [0.15, 0.2) is 12.2 Å². The van der Waals surface area contributed by atoms with E-state index in [1.54, 1.807) is 0 Å². The molecule has 0 fully saturated rings. The number of terminal acetylenes is 1. The maximum atomic E-state index is 10.9. The van der Waals surface area contributed by atoms with Crippen LogP contribution in [0.25, 0.3) is 0 Å². The Labute approximate surface area is 77.0 Å². The van der Waals surface area contributed by atoms with Crippen LogP contribution in [0, 0.1) is 12.3 Å². The monoisotopic (exact) mass is 181 g/mol. The van der Waals surface area contributed by atoms with E-state index in [2.05, 4.69) is 16.0 Å². The predicted octanol–water partition coefficient (Wildman–Crippen LogP) is -0.145. The van der Waals surface area contributed by atoms with Crippen molar-refractivity contribution in [2.24, 2.45) is 0 Å². The first kappa shape index (κ1) is 11.2. The van der Waals surface area contributed by atoms with Gasteiger partial charge >= 0.3 is 5.97 Å². The van der Waals surface area contributed by atoms with Crippen LogP contribution in [0.2, 0.25) is 0 Å². The molecule has 0 unspecified atom stereocenters. The SMILES string of the molecule is C#CCCNC(=O)C=CC(=O)OC. The number of hydrogen-bond acceptors (Lipinski definition) is 3. The van der Waals surface area contributed by atoms with E-state index in [-0.39, 0.29) is 5.91 Å². The summed E-state index contributed by atoms with van der Waals surface area (Å²) >= 11 is 0. The van der Waals surface area contributed by atoms with Crippen molar-refractivity contribution in [1.82, 2.24) is 5.32 Å². The van der Waals surface area contributed by atoms with Crippen molar-refractivity contribution in [3.8, 4) is 12.3 Å². The Hall–Kier alpha value is -1.76. The van der Waals surface area contributed by atoms with E-state index in [1.807, 2.05) is 0 Å². The summed E-state index contributed by atoms with van der Waals surface area (Å²) in [7, 11) is 1.24. The lowest BCUT2D eigenvalue weighted by Crippen LogP contribution is -2.22. The Morgan fingerprint density at radius 1 is 1.54 bits per heavy atom. The van der Waals surface area contributed by atoms with Crippen LogP contribution in [0.5, 0.6) is 0 Å². The van der Waals surface area contributed by atoms with Crippen LogP contribution < -0.4 is 5.32 Å². The summed E-state index contributed by atoms with van der Waals surface area (Å²) in [5, 5.41) is 2.49. The second kappa shape index (κ2) is 6.92. The molecule has 13 heavy (non-hydrogen) atoms. The largest absolute Gasteiger partial charge is 0.466 e. The number of esters is 1. The Morgan fingerprint density at radius 3 is 2.77 bits per heavy atom. The number of amides is 1. The molecule has 4 nitrogen and oxygen atoms in total. The van der Waals surface area contributed by atoms with Crippen LogP contribution in [-0.2, 0) is 14.3 Å². The Balaban J connectivity index is 3.69. The zero-order valence-electron chi connectivity index (χ0n) is 7.37. The van der Waals surface area contributed by atoms with Gasteiger partial charge in [-0.05, 0) is 0 Å². The van der Waals surface area contributed by atoms with Gasteiger partial charge in [-0.3, -0.25) is 4.79 Å². The summed E-state index contributed by atoms with van der Waals surface area (Å²) in [5.41, 5.74) is 0. The van der Waals surface area contributed by atoms with Gasteiger partial charge in [0, 0.05) is 25.1 Å². The van der Waals surface area contributed by atoms with Crippen LogP contribution in [0.1, 0.15) is 6.42 Å². The zero-order valence-corrected chi connectivity index (χ0v) is 7.37. The predicted molar refractivity (Wildman–Crippen MR) is 47.6 cm³/mol. The number of methoxy groups -OCH3 is 1.